The summed E-state index contributed by atoms with van der Waals surface area (Å²) in [7, 11) is 0. The molecule has 0 radical (unpaired) electrons. The summed E-state index contributed by atoms with van der Waals surface area (Å²) in [6.07, 6.45) is 10.6. The van der Waals surface area contributed by atoms with Crippen LogP contribution in [0.3, 0.4) is 0 Å². The molecule has 1 N–H and O–H groups in total. The maximum Gasteiger partial charge on any atom is 0.0836 e. The molecule has 0 aliphatic rings. The van der Waals surface area contributed by atoms with Crippen LogP contribution in [0, 0.1) is 0 Å². The van der Waals surface area contributed by atoms with Crippen LogP contribution in [0.15, 0.2) is 29.4 Å². The predicted octanol–water partition coefficient (Wildman–Crippen LogP) is 5.18. The minimum absolute atomic E-state index is 0.669. The summed E-state index contributed by atoms with van der Waals surface area (Å²) in [6, 6.07) is 8.35. The van der Waals surface area contributed by atoms with E-state index in [4.69, 9.17) is 5.21 Å². The standard InChI is InChI=1S/C17H27NO/c1-3-4-5-6-7-8-9-10-16-11-13-17(14-12-16)15(2)18-19/h11-14,19H,3-10H2,1-2H3/b18-15+. The summed E-state index contributed by atoms with van der Waals surface area (Å²) >= 11 is 0. The average molecular weight is 261 g/mol. The monoisotopic (exact) mass is 261 g/mol. The van der Waals surface area contributed by atoms with Crippen molar-refractivity contribution in [3.05, 3.63) is 35.4 Å². The molecule has 0 spiro atoms. The molecule has 1 rings (SSSR count). The molecular formula is C17H27NO. The molecule has 2 heteroatoms. The van der Waals surface area contributed by atoms with Crippen molar-refractivity contribution in [2.24, 2.45) is 5.16 Å². The molecule has 0 aliphatic carbocycles. The molecule has 106 valence electrons. The van der Waals surface area contributed by atoms with Gasteiger partial charge in [-0.15, -0.1) is 0 Å². The van der Waals surface area contributed by atoms with Gasteiger partial charge < -0.3 is 5.21 Å². The second-order valence-electron chi connectivity index (χ2n) is 5.25. The van der Waals surface area contributed by atoms with Gasteiger partial charge in [-0.2, -0.15) is 0 Å². The van der Waals surface area contributed by atoms with Gasteiger partial charge in [-0.25, -0.2) is 0 Å². The predicted molar refractivity (Wildman–Crippen MR) is 82.1 cm³/mol. The Morgan fingerprint density at radius 3 is 2.11 bits per heavy atom. The van der Waals surface area contributed by atoms with Crippen LogP contribution >= 0.6 is 0 Å². The highest BCUT2D eigenvalue weighted by Crippen LogP contribution is 2.12. The fourth-order valence-electron chi connectivity index (χ4n) is 2.26. The number of benzene rings is 1. The number of rotatable bonds is 9. The van der Waals surface area contributed by atoms with Gasteiger partial charge in [0, 0.05) is 0 Å². The summed E-state index contributed by atoms with van der Waals surface area (Å²) < 4.78 is 0. The van der Waals surface area contributed by atoms with Crippen LogP contribution in [-0.2, 0) is 6.42 Å². The zero-order valence-corrected chi connectivity index (χ0v) is 12.4. The summed E-state index contributed by atoms with van der Waals surface area (Å²) in [5.74, 6) is 0. The number of nitrogens with zero attached hydrogens (tertiary/aromatic N) is 1. The van der Waals surface area contributed by atoms with Crippen molar-refractivity contribution in [3.8, 4) is 0 Å². The largest absolute Gasteiger partial charge is 0.411 e. The SMILES string of the molecule is CCCCCCCCCc1ccc(/C(C)=N/O)cc1. The van der Waals surface area contributed by atoms with Crippen LogP contribution in [0.5, 0.6) is 0 Å². The summed E-state index contributed by atoms with van der Waals surface area (Å²) in [4.78, 5) is 0. The van der Waals surface area contributed by atoms with Gasteiger partial charge in [0.05, 0.1) is 5.71 Å². The zero-order chi connectivity index (χ0) is 13.9. The molecule has 0 aliphatic heterocycles. The molecule has 2 nitrogen and oxygen atoms in total. The van der Waals surface area contributed by atoms with Crippen molar-refractivity contribution in [1.82, 2.24) is 0 Å². The number of unbranched alkanes of at least 4 members (excludes halogenated alkanes) is 6. The summed E-state index contributed by atoms with van der Waals surface area (Å²) in [5, 5.41) is 11.9. The number of aryl methyl sites for hydroxylation is 1. The van der Waals surface area contributed by atoms with E-state index in [1.807, 2.05) is 19.1 Å². The lowest BCUT2D eigenvalue weighted by atomic mass is 10.0. The highest BCUT2D eigenvalue weighted by atomic mass is 16.4. The quantitative estimate of drug-likeness (QED) is 0.282. The van der Waals surface area contributed by atoms with E-state index >= 15 is 0 Å². The highest BCUT2D eigenvalue weighted by molar-refractivity contribution is 5.98. The average Bonchev–Trinajstić information content (AvgIpc) is 2.46. The van der Waals surface area contributed by atoms with Crippen molar-refractivity contribution < 1.29 is 5.21 Å². The van der Waals surface area contributed by atoms with E-state index in [-0.39, 0.29) is 0 Å². The molecule has 0 bridgehead atoms. The summed E-state index contributed by atoms with van der Waals surface area (Å²) in [5.41, 5.74) is 3.04. The van der Waals surface area contributed by atoms with Crippen LogP contribution in [-0.4, -0.2) is 10.9 Å². The highest BCUT2D eigenvalue weighted by Gasteiger charge is 1.98. The van der Waals surface area contributed by atoms with Gasteiger partial charge in [0.25, 0.3) is 0 Å². The van der Waals surface area contributed by atoms with Crippen LogP contribution in [0.25, 0.3) is 0 Å². The Labute approximate surface area is 117 Å². The lowest BCUT2D eigenvalue weighted by molar-refractivity contribution is 0.319. The lowest BCUT2D eigenvalue weighted by Crippen LogP contribution is -1.95. The Morgan fingerprint density at radius 2 is 1.53 bits per heavy atom. The Hall–Kier alpha value is -1.31. The minimum atomic E-state index is 0.669. The first kappa shape index (κ1) is 15.7. The van der Waals surface area contributed by atoms with Gasteiger partial charge in [0.2, 0.25) is 0 Å². The van der Waals surface area contributed by atoms with Crippen LogP contribution in [0.1, 0.15) is 69.9 Å². The van der Waals surface area contributed by atoms with E-state index in [0.29, 0.717) is 5.71 Å². The molecule has 19 heavy (non-hydrogen) atoms. The Kier molecular flexibility index (Phi) is 7.95. The third kappa shape index (κ3) is 6.42. The normalized spacial score (nSPS) is 11.8. The first-order valence-electron chi connectivity index (χ1n) is 7.56. The summed E-state index contributed by atoms with van der Waals surface area (Å²) in [6.45, 7) is 4.07. The number of hydrogen-bond acceptors (Lipinski definition) is 2. The third-order valence-electron chi connectivity index (χ3n) is 3.59. The molecule has 0 heterocycles. The first-order valence-corrected chi connectivity index (χ1v) is 7.56. The van der Waals surface area contributed by atoms with E-state index in [1.54, 1.807) is 0 Å². The molecule has 0 aromatic heterocycles. The topological polar surface area (TPSA) is 32.6 Å². The van der Waals surface area contributed by atoms with Crippen molar-refractivity contribution in [3.63, 3.8) is 0 Å². The van der Waals surface area contributed by atoms with Crippen LogP contribution in [0.2, 0.25) is 0 Å². The molecule has 0 saturated carbocycles. The molecule has 1 aromatic carbocycles. The lowest BCUT2D eigenvalue weighted by Gasteiger charge is -2.04. The molecule has 0 saturated heterocycles. The number of oxime groups is 1. The zero-order valence-electron chi connectivity index (χ0n) is 12.4. The van der Waals surface area contributed by atoms with Gasteiger partial charge in [0.1, 0.15) is 0 Å². The van der Waals surface area contributed by atoms with Gasteiger partial charge in [0.15, 0.2) is 0 Å². The molecular weight excluding hydrogens is 234 g/mol. The first-order chi connectivity index (χ1) is 9.27. The second-order valence-corrected chi connectivity index (χ2v) is 5.25. The van der Waals surface area contributed by atoms with E-state index in [1.165, 1.54) is 50.5 Å². The maximum absolute atomic E-state index is 8.71. The van der Waals surface area contributed by atoms with Gasteiger partial charge in [-0.05, 0) is 30.9 Å². The van der Waals surface area contributed by atoms with Crippen LogP contribution < -0.4 is 0 Å². The van der Waals surface area contributed by atoms with E-state index in [2.05, 4.69) is 24.2 Å². The van der Waals surface area contributed by atoms with E-state index < -0.39 is 0 Å². The Morgan fingerprint density at radius 1 is 0.947 bits per heavy atom. The van der Waals surface area contributed by atoms with Crippen molar-refractivity contribution in [1.29, 1.82) is 0 Å². The van der Waals surface area contributed by atoms with Crippen molar-refractivity contribution in [2.45, 2.75) is 65.2 Å². The maximum atomic E-state index is 8.71. The van der Waals surface area contributed by atoms with Gasteiger partial charge in [-0.1, -0.05) is 74.9 Å². The molecule has 0 unspecified atom stereocenters. The fraction of sp³-hybridized carbons (Fsp3) is 0.588. The van der Waals surface area contributed by atoms with E-state index in [9.17, 15) is 0 Å². The van der Waals surface area contributed by atoms with Gasteiger partial charge >= 0.3 is 0 Å². The second kappa shape index (κ2) is 9.60. The third-order valence-corrected chi connectivity index (χ3v) is 3.59. The van der Waals surface area contributed by atoms with Crippen molar-refractivity contribution in [2.75, 3.05) is 0 Å². The van der Waals surface area contributed by atoms with Crippen LogP contribution in [0.4, 0.5) is 0 Å². The molecule has 0 atom stereocenters. The van der Waals surface area contributed by atoms with Gasteiger partial charge in [-0.3, -0.25) is 0 Å². The smallest absolute Gasteiger partial charge is 0.0836 e. The van der Waals surface area contributed by atoms with Crippen molar-refractivity contribution >= 4 is 5.71 Å². The Bertz CT molecular complexity index is 367. The Balaban J connectivity index is 2.19. The van der Waals surface area contributed by atoms with E-state index in [0.717, 1.165) is 12.0 Å². The molecule has 0 fully saturated rings. The number of hydrogen-bond donors (Lipinski definition) is 1. The fourth-order valence-corrected chi connectivity index (χ4v) is 2.26. The molecule has 1 aromatic rings. The minimum Gasteiger partial charge on any atom is -0.411 e. The molecule has 0 amide bonds.